The van der Waals surface area contributed by atoms with Crippen LogP contribution in [0, 0.1) is 6.92 Å². The molecule has 0 aliphatic heterocycles. The molecule has 51 heavy (non-hydrogen) atoms. The van der Waals surface area contributed by atoms with Gasteiger partial charge in [0.15, 0.2) is 0 Å². The fraction of sp³-hybridized carbons (Fsp3) is 0.0213. The van der Waals surface area contributed by atoms with Crippen LogP contribution in [0.2, 0.25) is 0 Å². The first-order valence-electron chi connectivity index (χ1n) is 17.2. The van der Waals surface area contributed by atoms with Gasteiger partial charge in [0.25, 0.3) is 0 Å². The zero-order valence-electron chi connectivity index (χ0n) is 28.0. The molecule has 7 aromatic carbocycles. The lowest BCUT2D eigenvalue weighted by Crippen LogP contribution is -2.09. The Morgan fingerprint density at radius 1 is 0.569 bits per heavy atom. The number of anilines is 3. The van der Waals surface area contributed by atoms with Crippen molar-refractivity contribution in [1.82, 2.24) is 4.57 Å². The topological polar surface area (TPSA) is 21.3 Å². The summed E-state index contributed by atoms with van der Waals surface area (Å²) in [6.45, 7) is 6.33. The monoisotopic (exact) mass is 672 g/mol. The van der Waals surface area contributed by atoms with E-state index in [1.54, 1.807) is 0 Å². The average Bonchev–Trinajstić information content (AvgIpc) is 3.82. The van der Waals surface area contributed by atoms with E-state index in [9.17, 15) is 0 Å². The van der Waals surface area contributed by atoms with Gasteiger partial charge >= 0.3 is 0 Å². The molecule has 3 heterocycles. The zero-order valence-corrected chi connectivity index (χ0v) is 28.8. The van der Waals surface area contributed by atoms with Gasteiger partial charge in [-0.2, -0.15) is 0 Å². The summed E-state index contributed by atoms with van der Waals surface area (Å²) in [5.74, 6) is 0.901. The maximum atomic E-state index is 6.28. The van der Waals surface area contributed by atoms with Gasteiger partial charge in [0.1, 0.15) is 11.3 Å². The highest BCUT2D eigenvalue weighted by atomic mass is 32.1. The number of thiophene rings is 1. The van der Waals surface area contributed by atoms with E-state index in [0.29, 0.717) is 0 Å². The fourth-order valence-electron chi connectivity index (χ4n) is 7.83. The van der Waals surface area contributed by atoms with E-state index in [0.717, 1.165) is 67.2 Å². The number of nitrogens with zero attached hydrogens (tertiary/aromatic N) is 2. The summed E-state index contributed by atoms with van der Waals surface area (Å²) in [6, 6.07) is 56.7. The van der Waals surface area contributed by atoms with Crippen molar-refractivity contribution in [3.05, 3.63) is 176 Å². The van der Waals surface area contributed by atoms with E-state index in [2.05, 4.69) is 169 Å². The first-order chi connectivity index (χ1) is 25.2. The van der Waals surface area contributed by atoms with Crippen molar-refractivity contribution in [2.24, 2.45) is 0 Å². The Kier molecular flexibility index (Phi) is 6.73. The van der Waals surface area contributed by atoms with Gasteiger partial charge in [-0.3, -0.25) is 0 Å². The van der Waals surface area contributed by atoms with E-state index in [1.165, 1.54) is 30.9 Å². The van der Waals surface area contributed by atoms with Gasteiger partial charge in [-0.1, -0.05) is 91.5 Å². The second-order valence-corrected chi connectivity index (χ2v) is 14.1. The minimum Gasteiger partial charge on any atom is -0.461 e. The number of fused-ring (bicyclic) bond motifs is 7. The van der Waals surface area contributed by atoms with Crippen LogP contribution in [0.4, 0.5) is 17.1 Å². The highest BCUT2D eigenvalue weighted by molar-refractivity contribution is 7.25. The van der Waals surface area contributed by atoms with Crippen molar-refractivity contribution < 1.29 is 4.42 Å². The van der Waals surface area contributed by atoms with E-state index < -0.39 is 0 Å². The third-order valence-electron chi connectivity index (χ3n) is 10.1. The molecule has 0 N–H and O–H groups in total. The van der Waals surface area contributed by atoms with E-state index in [1.807, 2.05) is 29.5 Å². The Bertz CT molecular complexity index is 2950. The molecule has 0 saturated carbocycles. The Morgan fingerprint density at radius 2 is 1.24 bits per heavy atom. The van der Waals surface area contributed by atoms with Crippen molar-refractivity contribution in [1.29, 1.82) is 0 Å². The molecular weight excluding hydrogens is 641 g/mol. The largest absolute Gasteiger partial charge is 0.461 e. The molecule has 0 aliphatic rings. The molecule has 10 aromatic rings. The standard InChI is InChI=1S/C47H32N2OS/c1-3-31-26-43-41(29-39(31)47-30(2)50-44-20-12-10-19-38(44)47)40-27-34(23-25-42(40)49(43)33-16-8-5-9-17-33)48(32-14-6-4-7-15-32)35-22-24-37-36-18-11-13-21-45(36)51-46(37)28-35/h3-29H,1H2,2H3. The van der Waals surface area contributed by atoms with Crippen LogP contribution in [0.25, 0.3) is 75.8 Å². The SMILES string of the molecule is C=Cc1cc2c(cc1-c1c(C)oc3ccccc13)c1cc(N(c3ccccc3)c3ccc4c(c3)sc3ccccc34)ccc1n2-c1ccccc1. The molecule has 0 saturated heterocycles. The van der Waals surface area contributed by atoms with Gasteiger partial charge < -0.3 is 13.9 Å². The van der Waals surface area contributed by atoms with E-state index in [-0.39, 0.29) is 0 Å². The van der Waals surface area contributed by atoms with Crippen molar-refractivity contribution in [2.45, 2.75) is 6.92 Å². The fourth-order valence-corrected chi connectivity index (χ4v) is 8.97. The molecule has 0 atom stereocenters. The van der Waals surface area contributed by atoms with Gasteiger partial charge in [0.05, 0.1) is 11.0 Å². The summed E-state index contributed by atoms with van der Waals surface area (Å²) < 4.78 is 11.2. The van der Waals surface area contributed by atoms with Gasteiger partial charge in [-0.05, 0) is 96.9 Å². The number of hydrogen-bond donors (Lipinski definition) is 0. The summed E-state index contributed by atoms with van der Waals surface area (Å²) in [6.07, 6.45) is 1.97. The molecule has 3 nitrogen and oxygen atoms in total. The summed E-state index contributed by atoms with van der Waals surface area (Å²) in [5.41, 5.74) is 10.9. The number of aromatic nitrogens is 1. The lowest BCUT2D eigenvalue weighted by Gasteiger charge is -2.25. The molecule has 3 aromatic heterocycles. The number of para-hydroxylation sites is 3. The van der Waals surface area contributed by atoms with Gasteiger partial charge in [0.2, 0.25) is 0 Å². The molecule has 4 heteroatoms. The number of hydrogen-bond acceptors (Lipinski definition) is 3. The Balaban J connectivity index is 1.25. The van der Waals surface area contributed by atoms with Crippen LogP contribution >= 0.6 is 11.3 Å². The normalized spacial score (nSPS) is 11.7. The minimum atomic E-state index is 0.892. The number of aryl methyl sites for hydroxylation is 1. The van der Waals surface area contributed by atoms with Gasteiger partial charge in [-0.25, -0.2) is 0 Å². The molecule has 0 radical (unpaired) electrons. The van der Waals surface area contributed by atoms with Gasteiger partial charge in [0, 0.05) is 64.6 Å². The summed E-state index contributed by atoms with van der Waals surface area (Å²) in [5, 5.41) is 6.06. The van der Waals surface area contributed by atoms with Crippen LogP contribution in [-0.2, 0) is 0 Å². The van der Waals surface area contributed by atoms with E-state index >= 15 is 0 Å². The molecule has 0 aliphatic carbocycles. The Hall–Kier alpha value is -6.36. The van der Waals surface area contributed by atoms with Crippen LogP contribution in [0.15, 0.2) is 169 Å². The maximum absolute atomic E-state index is 6.28. The van der Waals surface area contributed by atoms with Crippen molar-refractivity contribution in [3.8, 4) is 16.8 Å². The maximum Gasteiger partial charge on any atom is 0.134 e. The quantitative estimate of drug-likeness (QED) is 0.175. The van der Waals surface area contributed by atoms with Crippen LogP contribution < -0.4 is 4.90 Å². The molecule has 0 unspecified atom stereocenters. The Labute approximate surface area is 299 Å². The molecule has 10 rings (SSSR count). The average molecular weight is 673 g/mol. The second kappa shape index (κ2) is 11.6. The smallest absolute Gasteiger partial charge is 0.134 e. The lowest BCUT2D eigenvalue weighted by atomic mass is 9.95. The minimum absolute atomic E-state index is 0.892. The van der Waals surface area contributed by atoms with Crippen molar-refractivity contribution in [2.75, 3.05) is 4.90 Å². The second-order valence-electron chi connectivity index (χ2n) is 13.0. The third-order valence-corrected chi connectivity index (χ3v) is 11.2. The highest BCUT2D eigenvalue weighted by Gasteiger charge is 2.22. The van der Waals surface area contributed by atoms with Gasteiger partial charge in [-0.15, -0.1) is 11.3 Å². The van der Waals surface area contributed by atoms with Crippen LogP contribution in [0.5, 0.6) is 0 Å². The molecule has 0 spiro atoms. The lowest BCUT2D eigenvalue weighted by molar-refractivity contribution is 0.580. The Morgan fingerprint density at radius 3 is 2.06 bits per heavy atom. The molecule has 0 bridgehead atoms. The van der Waals surface area contributed by atoms with E-state index in [4.69, 9.17) is 4.42 Å². The summed E-state index contributed by atoms with van der Waals surface area (Å²) in [4.78, 5) is 2.38. The predicted molar refractivity (Wildman–Crippen MR) is 218 cm³/mol. The number of rotatable bonds is 6. The van der Waals surface area contributed by atoms with Crippen LogP contribution in [0.1, 0.15) is 11.3 Å². The molecule has 242 valence electrons. The van der Waals surface area contributed by atoms with Crippen LogP contribution in [-0.4, -0.2) is 4.57 Å². The van der Waals surface area contributed by atoms with Crippen molar-refractivity contribution >= 4 is 87.4 Å². The van der Waals surface area contributed by atoms with Crippen LogP contribution in [0.3, 0.4) is 0 Å². The zero-order chi connectivity index (χ0) is 34.1. The molecule has 0 amide bonds. The summed E-state index contributed by atoms with van der Waals surface area (Å²) in [7, 11) is 0. The first kappa shape index (κ1) is 29.5. The third kappa shape index (κ3) is 4.64. The highest BCUT2D eigenvalue weighted by Crippen LogP contribution is 2.45. The first-order valence-corrected chi connectivity index (χ1v) is 18.0. The predicted octanol–water partition coefficient (Wildman–Crippen LogP) is 14.0. The number of benzene rings is 7. The molecular formula is C47H32N2OS. The molecule has 0 fully saturated rings. The van der Waals surface area contributed by atoms with Crippen molar-refractivity contribution in [3.63, 3.8) is 0 Å². The summed E-state index contributed by atoms with van der Waals surface area (Å²) >= 11 is 1.85. The number of furan rings is 1.